The molecule has 0 spiro atoms. The molecule has 0 saturated heterocycles. The van der Waals surface area contributed by atoms with E-state index in [2.05, 4.69) is 32.9 Å². The fraction of sp³-hybridized carbons (Fsp3) is 0.429. The number of rotatable bonds is 4. The van der Waals surface area contributed by atoms with Crippen LogP contribution in [0.2, 0.25) is 0 Å². The smallest absolute Gasteiger partial charge is 0.119 e. The van der Waals surface area contributed by atoms with Crippen LogP contribution >= 0.6 is 0 Å². The summed E-state index contributed by atoms with van der Waals surface area (Å²) >= 11 is 0. The van der Waals surface area contributed by atoms with Gasteiger partial charge in [0.25, 0.3) is 0 Å². The lowest BCUT2D eigenvalue weighted by atomic mass is 9.87. The molecule has 88 valence electrons. The molecule has 2 N–H and O–H groups in total. The van der Waals surface area contributed by atoms with Crippen LogP contribution in [-0.2, 0) is 5.41 Å². The Hall–Kier alpha value is -1.28. The van der Waals surface area contributed by atoms with Crippen LogP contribution in [0.1, 0.15) is 26.3 Å². The maximum atomic E-state index is 5.53. The van der Waals surface area contributed by atoms with E-state index in [4.69, 9.17) is 10.5 Å². The lowest BCUT2D eigenvalue weighted by Gasteiger charge is -2.19. The van der Waals surface area contributed by atoms with E-state index in [0.717, 1.165) is 5.75 Å². The fourth-order valence-electron chi connectivity index (χ4n) is 1.36. The molecular formula is C14H21NO. The second kappa shape index (κ2) is 5.71. The summed E-state index contributed by atoms with van der Waals surface area (Å²) in [6, 6.07) is 8.25. The van der Waals surface area contributed by atoms with E-state index >= 15 is 0 Å². The summed E-state index contributed by atoms with van der Waals surface area (Å²) in [6.07, 6.45) is 3.82. The Bertz CT molecular complexity index is 333. The first-order valence-electron chi connectivity index (χ1n) is 5.62. The van der Waals surface area contributed by atoms with Crippen molar-refractivity contribution < 1.29 is 4.74 Å². The van der Waals surface area contributed by atoms with Crippen LogP contribution in [0.25, 0.3) is 0 Å². The standard InChI is InChI=1S/C14H21NO/c1-14(2,3)12-6-8-13(9-7-12)16-11-5-4-10-15/h4-9H,10-11,15H2,1-3H3/b5-4+. The number of benzene rings is 1. The Labute approximate surface area is 98.1 Å². The van der Waals surface area contributed by atoms with Gasteiger partial charge in [0.05, 0.1) is 0 Å². The molecule has 0 amide bonds. The quantitative estimate of drug-likeness (QED) is 0.790. The Morgan fingerprint density at radius 2 is 1.75 bits per heavy atom. The van der Waals surface area contributed by atoms with Gasteiger partial charge in [0, 0.05) is 6.54 Å². The molecule has 0 unspecified atom stereocenters. The molecule has 0 aliphatic heterocycles. The molecule has 2 heteroatoms. The molecule has 0 aromatic heterocycles. The van der Waals surface area contributed by atoms with Gasteiger partial charge in [0.1, 0.15) is 12.4 Å². The molecule has 0 saturated carbocycles. The van der Waals surface area contributed by atoms with E-state index in [9.17, 15) is 0 Å². The van der Waals surface area contributed by atoms with Crippen LogP contribution in [0.5, 0.6) is 5.75 Å². The molecule has 1 rings (SSSR count). The van der Waals surface area contributed by atoms with E-state index in [0.29, 0.717) is 13.2 Å². The number of ether oxygens (including phenoxy) is 1. The molecule has 0 radical (unpaired) electrons. The predicted octanol–water partition coefficient (Wildman–Crippen LogP) is 2.88. The highest BCUT2D eigenvalue weighted by Gasteiger charge is 2.12. The lowest BCUT2D eigenvalue weighted by molar-refractivity contribution is 0.362. The Balaban J connectivity index is 2.55. The zero-order valence-corrected chi connectivity index (χ0v) is 10.4. The Morgan fingerprint density at radius 3 is 2.25 bits per heavy atom. The molecule has 0 fully saturated rings. The molecule has 0 aliphatic carbocycles. The largest absolute Gasteiger partial charge is 0.490 e. The highest BCUT2D eigenvalue weighted by atomic mass is 16.5. The minimum atomic E-state index is 0.192. The molecule has 0 aliphatic rings. The van der Waals surface area contributed by atoms with Gasteiger partial charge in [-0.15, -0.1) is 0 Å². The number of nitrogens with two attached hydrogens (primary N) is 1. The van der Waals surface area contributed by atoms with Gasteiger partial charge in [-0.1, -0.05) is 45.1 Å². The minimum Gasteiger partial charge on any atom is -0.490 e. The Kier molecular flexibility index (Phi) is 4.56. The zero-order chi connectivity index (χ0) is 12.0. The summed E-state index contributed by atoms with van der Waals surface area (Å²) in [5, 5.41) is 0. The molecule has 0 bridgehead atoms. The highest BCUT2D eigenvalue weighted by Crippen LogP contribution is 2.24. The summed E-state index contributed by atoms with van der Waals surface area (Å²) in [5.74, 6) is 0.898. The second-order valence-corrected chi connectivity index (χ2v) is 4.79. The van der Waals surface area contributed by atoms with Crippen LogP contribution in [0, 0.1) is 0 Å². The number of hydrogen-bond donors (Lipinski definition) is 1. The Morgan fingerprint density at radius 1 is 1.12 bits per heavy atom. The van der Waals surface area contributed by atoms with Crippen LogP contribution in [0.3, 0.4) is 0 Å². The van der Waals surface area contributed by atoms with Crippen LogP contribution in [-0.4, -0.2) is 13.2 Å². The number of hydrogen-bond acceptors (Lipinski definition) is 2. The predicted molar refractivity (Wildman–Crippen MR) is 68.8 cm³/mol. The molecular weight excluding hydrogens is 198 g/mol. The SMILES string of the molecule is CC(C)(C)c1ccc(OC/C=C/CN)cc1. The highest BCUT2D eigenvalue weighted by molar-refractivity contribution is 5.31. The first-order chi connectivity index (χ1) is 7.54. The van der Waals surface area contributed by atoms with E-state index in [-0.39, 0.29) is 5.41 Å². The van der Waals surface area contributed by atoms with Crippen molar-refractivity contribution in [3.63, 3.8) is 0 Å². The third-order valence-electron chi connectivity index (χ3n) is 2.37. The summed E-state index contributed by atoms with van der Waals surface area (Å²) < 4.78 is 5.53. The van der Waals surface area contributed by atoms with Crippen molar-refractivity contribution in [2.45, 2.75) is 26.2 Å². The first kappa shape index (κ1) is 12.8. The van der Waals surface area contributed by atoms with Crippen molar-refractivity contribution in [3.8, 4) is 5.75 Å². The third-order valence-corrected chi connectivity index (χ3v) is 2.37. The second-order valence-electron chi connectivity index (χ2n) is 4.79. The van der Waals surface area contributed by atoms with Crippen molar-refractivity contribution in [1.82, 2.24) is 0 Å². The van der Waals surface area contributed by atoms with Gasteiger partial charge in [0.2, 0.25) is 0 Å². The minimum absolute atomic E-state index is 0.192. The van der Waals surface area contributed by atoms with Crippen molar-refractivity contribution in [3.05, 3.63) is 42.0 Å². The van der Waals surface area contributed by atoms with Gasteiger partial charge in [-0.05, 0) is 23.1 Å². The van der Waals surface area contributed by atoms with Gasteiger partial charge in [-0.25, -0.2) is 0 Å². The van der Waals surface area contributed by atoms with Crippen molar-refractivity contribution in [2.24, 2.45) is 5.73 Å². The molecule has 1 aromatic carbocycles. The van der Waals surface area contributed by atoms with E-state index < -0.39 is 0 Å². The van der Waals surface area contributed by atoms with Crippen LogP contribution in [0.15, 0.2) is 36.4 Å². The topological polar surface area (TPSA) is 35.2 Å². The maximum absolute atomic E-state index is 5.53. The van der Waals surface area contributed by atoms with Gasteiger partial charge in [-0.2, -0.15) is 0 Å². The third kappa shape index (κ3) is 4.07. The monoisotopic (exact) mass is 219 g/mol. The van der Waals surface area contributed by atoms with Gasteiger partial charge < -0.3 is 10.5 Å². The summed E-state index contributed by atoms with van der Waals surface area (Å²) in [7, 11) is 0. The lowest BCUT2D eigenvalue weighted by Crippen LogP contribution is -2.10. The zero-order valence-electron chi connectivity index (χ0n) is 10.4. The average Bonchev–Trinajstić information content (AvgIpc) is 2.24. The normalized spacial score (nSPS) is 12.0. The van der Waals surface area contributed by atoms with E-state index in [1.165, 1.54) is 5.56 Å². The van der Waals surface area contributed by atoms with Gasteiger partial charge >= 0.3 is 0 Å². The van der Waals surface area contributed by atoms with E-state index in [1.54, 1.807) is 0 Å². The van der Waals surface area contributed by atoms with Crippen LogP contribution < -0.4 is 10.5 Å². The molecule has 1 aromatic rings. The summed E-state index contributed by atoms with van der Waals surface area (Å²) in [5.41, 5.74) is 6.84. The van der Waals surface area contributed by atoms with Gasteiger partial charge in [0.15, 0.2) is 0 Å². The summed E-state index contributed by atoms with van der Waals surface area (Å²) in [4.78, 5) is 0. The van der Waals surface area contributed by atoms with Crippen molar-refractivity contribution >= 4 is 0 Å². The first-order valence-corrected chi connectivity index (χ1v) is 5.62. The summed E-state index contributed by atoms with van der Waals surface area (Å²) in [6.45, 7) is 7.74. The molecule has 0 heterocycles. The molecule has 2 nitrogen and oxygen atoms in total. The fourth-order valence-corrected chi connectivity index (χ4v) is 1.36. The maximum Gasteiger partial charge on any atom is 0.119 e. The average molecular weight is 219 g/mol. The van der Waals surface area contributed by atoms with E-state index in [1.807, 2.05) is 24.3 Å². The molecule has 16 heavy (non-hydrogen) atoms. The molecule has 0 atom stereocenters. The van der Waals surface area contributed by atoms with Gasteiger partial charge in [-0.3, -0.25) is 0 Å². The van der Waals surface area contributed by atoms with Crippen molar-refractivity contribution in [2.75, 3.05) is 13.2 Å². The van der Waals surface area contributed by atoms with Crippen LogP contribution in [0.4, 0.5) is 0 Å². The van der Waals surface area contributed by atoms with Crippen molar-refractivity contribution in [1.29, 1.82) is 0 Å².